The number of benzene rings is 2. The van der Waals surface area contributed by atoms with E-state index in [1.54, 1.807) is 29.0 Å². The van der Waals surface area contributed by atoms with Gasteiger partial charge in [0.15, 0.2) is 0 Å². The maximum Gasteiger partial charge on any atom is 0.433 e. The van der Waals surface area contributed by atoms with Crippen LogP contribution in [-0.2, 0) is 19.4 Å². The number of nitrogens with zero attached hydrogens (tertiary/aromatic N) is 4. The molecule has 0 radical (unpaired) electrons. The van der Waals surface area contributed by atoms with Crippen LogP contribution in [-0.4, -0.2) is 31.6 Å². The van der Waals surface area contributed by atoms with Gasteiger partial charge in [0.05, 0.1) is 12.2 Å². The van der Waals surface area contributed by atoms with Crippen LogP contribution in [0.4, 0.5) is 4.79 Å². The van der Waals surface area contributed by atoms with Gasteiger partial charge in [0, 0.05) is 24.2 Å². The summed E-state index contributed by atoms with van der Waals surface area (Å²) >= 11 is 0. The highest BCUT2D eigenvalue weighted by atomic mass is 16.5. The van der Waals surface area contributed by atoms with Crippen molar-refractivity contribution in [3.05, 3.63) is 105 Å². The molecule has 39 heavy (non-hydrogen) atoms. The van der Waals surface area contributed by atoms with Crippen molar-refractivity contribution in [3.63, 3.8) is 0 Å². The molecule has 4 aromatic rings. The maximum absolute atomic E-state index is 13.7. The van der Waals surface area contributed by atoms with Crippen LogP contribution in [0, 0.1) is 6.92 Å². The zero-order chi connectivity index (χ0) is 27.9. The molecule has 0 aliphatic carbocycles. The summed E-state index contributed by atoms with van der Waals surface area (Å²) in [7, 11) is 0. The van der Waals surface area contributed by atoms with Gasteiger partial charge >= 0.3 is 6.09 Å². The van der Waals surface area contributed by atoms with Crippen LogP contribution in [0.5, 0.6) is 11.6 Å². The Bertz CT molecular complexity index is 1580. The minimum absolute atomic E-state index is 0.0735. The van der Waals surface area contributed by atoms with Crippen LogP contribution in [0.15, 0.2) is 76.6 Å². The van der Waals surface area contributed by atoms with Crippen molar-refractivity contribution >= 4 is 11.9 Å². The lowest BCUT2D eigenvalue weighted by atomic mass is 9.98. The smallest absolute Gasteiger partial charge is 0.433 e. The number of carbonyl (C=O) groups is 1. The fraction of sp³-hybridized carbons (Fsp3) is 0.233. The number of nitrogens with two attached hydrogens (primary N) is 1. The number of carboxylic acid groups (broad SMARTS) is 1. The van der Waals surface area contributed by atoms with Crippen molar-refractivity contribution in [1.29, 1.82) is 0 Å². The van der Waals surface area contributed by atoms with Gasteiger partial charge in [0.2, 0.25) is 11.6 Å². The van der Waals surface area contributed by atoms with Gasteiger partial charge in [-0.05, 0) is 48.1 Å². The van der Waals surface area contributed by atoms with Crippen LogP contribution < -0.4 is 16.0 Å². The molecular weight excluding hydrogens is 494 g/mol. The lowest BCUT2D eigenvalue weighted by Gasteiger charge is -2.17. The predicted octanol–water partition coefficient (Wildman–Crippen LogP) is 5.35. The number of hydrogen-bond acceptors (Lipinski definition) is 5. The summed E-state index contributed by atoms with van der Waals surface area (Å²) in [5.74, 6) is 1.17. The summed E-state index contributed by atoms with van der Waals surface area (Å²) in [5, 5.41) is 9.00. The molecule has 0 saturated heterocycles. The number of ether oxygens (including phenoxy) is 1. The van der Waals surface area contributed by atoms with E-state index < -0.39 is 6.09 Å². The average Bonchev–Trinajstić information content (AvgIpc) is 2.92. The number of pyridine rings is 1. The van der Waals surface area contributed by atoms with E-state index >= 15 is 0 Å². The third kappa shape index (κ3) is 6.38. The SMILES string of the molecule is CCCc1nc(CC)c(Oc2cc(C)ccn2)c(=O)n1Cc1ccc(-c2ccccc2/C(N)=N/C(=O)O)cc1. The van der Waals surface area contributed by atoms with Crippen molar-refractivity contribution in [2.75, 3.05) is 0 Å². The first-order valence-electron chi connectivity index (χ1n) is 12.8. The van der Waals surface area contributed by atoms with Crippen LogP contribution in [0.3, 0.4) is 0 Å². The molecule has 0 saturated carbocycles. The van der Waals surface area contributed by atoms with Crippen molar-refractivity contribution in [2.45, 2.75) is 46.6 Å². The van der Waals surface area contributed by atoms with Crippen molar-refractivity contribution in [3.8, 4) is 22.8 Å². The third-order valence-corrected chi connectivity index (χ3v) is 6.21. The van der Waals surface area contributed by atoms with E-state index in [1.165, 1.54) is 0 Å². The summed E-state index contributed by atoms with van der Waals surface area (Å²) < 4.78 is 7.65. The Kier molecular flexibility index (Phi) is 8.50. The largest absolute Gasteiger partial charge is 0.463 e. The second-order valence-corrected chi connectivity index (χ2v) is 9.09. The van der Waals surface area contributed by atoms with Gasteiger partial charge in [-0.25, -0.2) is 14.8 Å². The molecule has 9 nitrogen and oxygen atoms in total. The molecule has 3 N–H and O–H groups in total. The second kappa shape index (κ2) is 12.2. The number of amidine groups is 1. The molecule has 0 aliphatic rings. The molecule has 0 bridgehead atoms. The molecule has 2 aromatic heterocycles. The molecule has 0 aliphatic heterocycles. The highest BCUT2D eigenvalue weighted by Crippen LogP contribution is 2.25. The number of amides is 1. The molecule has 2 aromatic carbocycles. The first-order chi connectivity index (χ1) is 18.8. The molecule has 1 amide bonds. The number of aromatic nitrogens is 3. The predicted molar refractivity (Wildman–Crippen MR) is 151 cm³/mol. The zero-order valence-corrected chi connectivity index (χ0v) is 22.2. The Morgan fingerprint density at radius 3 is 2.51 bits per heavy atom. The fourth-order valence-corrected chi connectivity index (χ4v) is 4.31. The monoisotopic (exact) mass is 525 g/mol. The van der Waals surface area contributed by atoms with E-state index in [-0.39, 0.29) is 17.1 Å². The molecule has 9 heteroatoms. The lowest BCUT2D eigenvalue weighted by molar-refractivity contribution is 0.205. The number of hydrogen-bond donors (Lipinski definition) is 2. The molecule has 0 spiro atoms. The normalized spacial score (nSPS) is 11.4. The lowest BCUT2D eigenvalue weighted by Crippen LogP contribution is -2.28. The summed E-state index contributed by atoms with van der Waals surface area (Å²) in [6.45, 7) is 6.25. The molecule has 4 rings (SSSR count). The van der Waals surface area contributed by atoms with Gasteiger partial charge in [-0.15, -0.1) is 0 Å². The highest BCUT2D eigenvalue weighted by molar-refractivity contribution is 6.07. The molecular formula is C30H31N5O4. The summed E-state index contributed by atoms with van der Waals surface area (Å²) in [6, 6.07) is 18.5. The number of aryl methyl sites for hydroxylation is 3. The van der Waals surface area contributed by atoms with Crippen LogP contribution >= 0.6 is 0 Å². The van der Waals surface area contributed by atoms with Crippen LogP contribution in [0.2, 0.25) is 0 Å². The van der Waals surface area contributed by atoms with Gasteiger partial charge in [-0.3, -0.25) is 9.36 Å². The molecule has 0 unspecified atom stereocenters. The topological polar surface area (TPSA) is 133 Å². The number of aliphatic imine (C=N–C) groups is 1. The van der Waals surface area contributed by atoms with Gasteiger partial charge in [0.1, 0.15) is 11.7 Å². The standard InChI is InChI=1S/C30H31N5O4/c1-4-8-25-33-24(5-2)27(39-26-17-19(3)15-16-32-26)29(36)35(25)18-20-11-13-21(14-12-20)22-9-6-7-10-23(22)28(31)34-30(37)38/h6-7,9-17H,4-5,8,18H2,1-3H3,(H2,31,34)(H,37,38). The minimum atomic E-state index is -1.35. The molecule has 0 fully saturated rings. The Morgan fingerprint density at radius 2 is 1.85 bits per heavy atom. The Balaban J connectivity index is 1.70. The van der Waals surface area contributed by atoms with E-state index in [0.717, 1.165) is 28.7 Å². The maximum atomic E-state index is 13.7. The van der Waals surface area contributed by atoms with Crippen molar-refractivity contribution in [2.24, 2.45) is 10.7 Å². The van der Waals surface area contributed by atoms with Gasteiger partial charge in [-0.1, -0.05) is 62.4 Å². The van der Waals surface area contributed by atoms with Gasteiger partial charge < -0.3 is 15.6 Å². The Hall–Kier alpha value is -4.79. The Morgan fingerprint density at radius 1 is 1.10 bits per heavy atom. The average molecular weight is 526 g/mol. The first-order valence-corrected chi connectivity index (χ1v) is 12.8. The third-order valence-electron chi connectivity index (χ3n) is 6.21. The Labute approximate surface area is 226 Å². The van der Waals surface area contributed by atoms with Crippen molar-refractivity contribution in [1.82, 2.24) is 14.5 Å². The van der Waals surface area contributed by atoms with E-state index in [2.05, 4.69) is 16.9 Å². The van der Waals surface area contributed by atoms with Crippen LogP contribution in [0.1, 0.15) is 48.5 Å². The fourth-order valence-electron chi connectivity index (χ4n) is 4.31. The van der Waals surface area contributed by atoms with Gasteiger partial charge in [-0.2, -0.15) is 4.99 Å². The van der Waals surface area contributed by atoms with E-state index in [0.29, 0.717) is 42.3 Å². The van der Waals surface area contributed by atoms with Crippen molar-refractivity contribution < 1.29 is 14.6 Å². The summed E-state index contributed by atoms with van der Waals surface area (Å²) in [5.41, 5.74) is 10.3. The van der Waals surface area contributed by atoms with Gasteiger partial charge in [0.25, 0.3) is 5.56 Å². The van der Waals surface area contributed by atoms with Crippen LogP contribution in [0.25, 0.3) is 11.1 Å². The first kappa shape index (κ1) is 27.3. The molecule has 2 heterocycles. The zero-order valence-electron chi connectivity index (χ0n) is 22.2. The molecule has 0 atom stereocenters. The number of rotatable bonds is 9. The van der Waals surface area contributed by atoms with E-state index in [1.807, 2.05) is 56.3 Å². The molecule has 200 valence electrons. The van der Waals surface area contributed by atoms with E-state index in [4.69, 9.17) is 20.6 Å². The minimum Gasteiger partial charge on any atom is -0.463 e. The second-order valence-electron chi connectivity index (χ2n) is 9.09. The van der Waals surface area contributed by atoms with E-state index in [9.17, 15) is 9.59 Å². The summed E-state index contributed by atoms with van der Waals surface area (Å²) in [4.78, 5) is 37.3. The quantitative estimate of drug-likeness (QED) is 0.222. The highest BCUT2D eigenvalue weighted by Gasteiger charge is 2.19. The summed E-state index contributed by atoms with van der Waals surface area (Å²) in [6.07, 6.45) is 2.34.